The predicted molar refractivity (Wildman–Crippen MR) is 97.8 cm³/mol. The Morgan fingerprint density at radius 3 is 1.91 bits per heavy atom. The maximum Gasteiger partial charge on any atom is 0.312 e. The number of carbonyl (C=O) groups excluding carboxylic acids is 1. The van der Waals surface area contributed by atoms with Crippen molar-refractivity contribution in [3.63, 3.8) is 0 Å². The Balaban J connectivity index is 3.02. The van der Waals surface area contributed by atoms with Gasteiger partial charge in [-0.1, -0.05) is 39.0 Å². The number of carbonyl (C=O) groups is 1. The summed E-state index contributed by atoms with van der Waals surface area (Å²) in [4.78, 5) is 12.4. The zero-order valence-electron chi connectivity index (χ0n) is 16.5. The lowest BCUT2D eigenvalue weighted by atomic mass is 9.73. The van der Waals surface area contributed by atoms with Gasteiger partial charge < -0.3 is 4.74 Å². The van der Waals surface area contributed by atoms with Crippen molar-refractivity contribution in [3.05, 3.63) is 34.9 Å². The molecule has 0 unspecified atom stereocenters. The van der Waals surface area contributed by atoms with Crippen LogP contribution in [-0.4, -0.2) is 11.6 Å². The standard InChI is InChI=1S/C21H34O2/c1-10-19(4,5)18(22)23-21(8,9)14-20(6,7)17-15(2)12-11-13-16(17)3/h11-13H,10,14H2,1-9H3. The number of aryl methyl sites for hydroxylation is 2. The number of benzene rings is 1. The summed E-state index contributed by atoms with van der Waals surface area (Å²) in [5.41, 5.74) is 2.97. The molecule has 0 aromatic heterocycles. The van der Waals surface area contributed by atoms with Gasteiger partial charge in [-0.3, -0.25) is 4.79 Å². The van der Waals surface area contributed by atoms with Crippen molar-refractivity contribution in [1.29, 1.82) is 0 Å². The predicted octanol–water partition coefficient (Wildman–Crippen LogP) is 5.73. The van der Waals surface area contributed by atoms with E-state index in [1.54, 1.807) is 0 Å². The van der Waals surface area contributed by atoms with Gasteiger partial charge in [0.25, 0.3) is 0 Å². The number of ether oxygens (including phenoxy) is 1. The summed E-state index contributed by atoms with van der Waals surface area (Å²) >= 11 is 0. The molecule has 0 fully saturated rings. The van der Waals surface area contributed by atoms with Gasteiger partial charge in [0, 0.05) is 0 Å². The molecule has 0 atom stereocenters. The fourth-order valence-electron chi connectivity index (χ4n) is 3.60. The Labute approximate surface area is 142 Å². The smallest absolute Gasteiger partial charge is 0.312 e. The normalized spacial score (nSPS) is 13.1. The van der Waals surface area contributed by atoms with E-state index >= 15 is 0 Å². The minimum Gasteiger partial charge on any atom is -0.459 e. The molecule has 1 aromatic rings. The molecule has 0 aliphatic heterocycles. The molecule has 23 heavy (non-hydrogen) atoms. The van der Waals surface area contributed by atoms with Crippen LogP contribution in [0.3, 0.4) is 0 Å². The topological polar surface area (TPSA) is 26.3 Å². The molecule has 0 N–H and O–H groups in total. The van der Waals surface area contributed by atoms with E-state index in [1.807, 2.05) is 34.6 Å². The van der Waals surface area contributed by atoms with Crippen LogP contribution in [0.15, 0.2) is 18.2 Å². The average Bonchev–Trinajstić information content (AvgIpc) is 2.35. The van der Waals surface area contributed by atoms with Crippen LogP contribution in [0.1, 0.15) is 78.0 Å². The molecule has 2 nitrogen and oxygen atoms in total. The van der Waals surface area contributed by atoms with Crippen LogP contribution >= 0.6 is 0 Å². The van der Waals surface area contributed by atoms with Crippen molar-refractivity contribution in [1.82, 2.24) is 0 Å². The lowest BCUT2D eigenvalue weighted by Crippen LogP contribution is -2.40. The third-order valence-corrected chi connectivity index (χ3v) is 4.83. The summed E-state index contributed by atoms with van der Waals surface area (Å²) < 4.78 is 5.89. The second kappa shape index (κ2) is 6.67. The Hall–Kier alpha value is -1.31. The van der Waals surface area contributed by atoms with Gasteiger partial charge >= 0.3 is 5.97 Å². The molecule has 0 radical (unpaired) electrons. The molecule has 0 heterocycles. The number of esters is 1. The summed E-state index contributed by atoms with van der Waals surface area (Å²) in [6.45, 7) is 18.7. The van der Waals surface area contributed by atoms with Crippen molar-refractivity contribution >= 4 is 5.97 Å². The summed E-state index contributed by atoms with van der Waals surface area (Å²) in [6, 6.07) is 6.41. The lowest BCUT2D eigenvalue weighted by Gasteiger charge is -2.38. The van der Waals surface area contributed by atoms with E-state index in [9.17, 15) is 4.79 Å². The summed E-state index contributed by atoms with van der Waals surface area (Å²) in [7, 11) is 0. The van der Waals surface area contributed by atoms with Crippen molar-refractivity contribution in [2.45, 2.75) is 86.2 Å². The first kappa shape index (κ1) is 19.7. The van der Waals surface area contributed by atoms with Gasteiger partial charge in [0.05, 0.1) is 5.41 Å². The first-order valence-corrected chi connectivity index (χ1v) is 8.62. The van der Waals surface area contributed by atoms with Crippen LogP contribution in [0.2, 0.25) is 0 Å². The quantitative estimate of drug-likeness (QED) is 0.626. The maximum absolute atomic E-state index is 12.4. The van der Waals surface area contributed by atoms with Crippen LogP contribution in [0.4, 0.5) is 0 Å². The van der Waals surface area contributed by atoms with Gasteiger partial charge in [-0.25, -0.2) is 0 Å². The van der Waals surface area contributed by atoms with Crippen molar-refractivity contribution in [3.8, 4) is 0 Å². The van der Waals surface area contributed by atoms with E-state index < -0.39 is 11.0 Å². The lowest BCUT2D eigenvalue weighted by molar-refractivity contribution is -0.169. The molecular weight excluding hydrogens is 284 g/mol. The Morgan fingerprint density at radius 2 is 1.48 bits per heavy atom. The fraction of sp³-hybridized carbons (Fsp3) is 0.667. The van der Waals surface area contributed by atoms with Gasteiger partial charge in [-0.2, -0.15) is 0 Å². The molecular formula is C21H34O2. The van der Waals surface area contributed by atoms with E-state index in [2.05, 4.69) is 45.9 Å². The van der Waals surface area contributed by atoms with Gasteiger partial charge in [0.15, 0.2) is 0 Å². The fourth-order valence-corrected chi connectivity index (χ4v) is 3.60. The Kier molecular flexibility index (Phi) is 5.72. The zero-order valence-corrected chi connectivity index (χ0v) is 16.5. The van der Waals surface area contributed by atoms with Crippen LogP contribution in [-0.2, 0) is 14.9 Å². The van der Waals surface area contributed by atoms with E-state index in [4.69, 9.17) is 4.74 Å². The van der Waals surface area contributed by atoms with Crippen molar-refractivity contribution in [2.24, 2.45) is 5.41 Å². The Bertz CT molecular complexity index is 545. The minimum atomic E-state index is -0.498. The van der Waals surface area contributed by atoms with Crippen molar-refractivity contribution < 1.29 is 9.53 Å². The van der Waals surface area contributed by atoms with Crippen LogP contribution in [0.5, 0.6) is 0 Å². The molecule has 0 saturated carbocycles. The summed E-state index contributed by atoms with van der Waals surface area (Å²) in [6.07, 6.45) is 1.57. The monoisotopic (exact) mass is 318 g/mol. The minimum absolute atomic E-state index is 0.0600. The molecule has 1 aromatic carbocycles. The molecule has 0 saturated heterocycles. The largest absolute Gasteiger partial charge is 0.459 e. The van der Waals surface area contributed by atoms with Crippen LogP contribution in [0.25, 0.3) is 0 Å². The maximum atomic E-state index is 12.4. The second-order valence-corrected chi connectivity index (χ2v) is 8.71. The first-order valence-electron chi connectivity index (χ1n) is 8.62. The first-order chi connectivity index (χ1) is 10.3. The zero-order chi connectivity index (χ0) is 18.1. The highest BCUT2D eigenvalue weighted by atomic mass is 16.6. The SMILES string of the molecule is CCC(C)(C)C(=O)OC(C)(C)CC(C)(C)c1c(C)cccc1C. The molecule has 0 aliphatic rings. The van der Waals surface area contributed by atoms with Crippen LogP contribution < -0.4 is 0 Å². The molecule has 1 rings (SSSR count). The molecule has 0 spiro atoms. The highest BCUT2D eigenvalue weighted by molar-refractivity contribution is 5.76. The summed E-state index contributed by atoms with van der Waals surface area (Å²) in [5, 5.41) is 0. The number of hydrogen-bond donors (Lipinski definition) is 0. The van der Waals surface area contributed by atoms with Gasteiger partial charge in [-0.05, 0) is 76.5 Å². The third-order valence-electron chi connectivity index (χ3n) is 4.83. The number of rotatable bonds is 6. The van der Waals surface area contributed by atoms with E-state index in [-0.39, 0.29) is 11.4 Å². The van der Waals surface area contributed by atoms with E-state index in [0.29, 0.717) is 0 Å². The van der Waals surface area contributed by atoms with Gasteiger partial charge in [0.2, 0.25) is 0 Å². The summed E-state index contributed by atoms with van der Waals surface area (Å²) in [5.74, 6) is -0.109. The Morgan fingerprint density at radius 1 is 1.00 bits per heavy atom. The number of hydrogen-bond acceptors (Lipinski definition) is 2. The second-order valence-electron chi connectivity index (χ2n) is 8.71. The van der Waals surface area contributed by atoms with Crippen LogP contribution in [0, 0.1) is 19.3 Å². The van der Waals surface area contributed by atoms with E-state index in [1.165, 1.54) is 16.7 Å². The third kappa shape index (κ3) is 4.83. The molecule has 0 bridgehead atoms. The average molecular weight is 319 g/mol. The highest BCUT2D eigenvalue weighted by Gasteiger charge is 2.37. The molecule has 2 heteroatoms. The molecule has 0 aliphatic carbocycles. The van der Waals surface area contributed by atoms with Gasteiger partial charge in [0.1, 0.15) is 5.60 Å². The molecule has 130 valence electrons. The van der Waals surface area contributed by atoms with Gasteiger partial charge in [-0.15, -0.1) is 0 Å². The molecule has 0 amide bonds. The van der Waals surface area contributed by atoms with Crippen molar-refractivity contribution in [2.75, 3.05) is 0 Å². The highest BCUT2D eigenvalue weighted by Crippen LogP contribution is 2.38. The van der Waals surface area contributed by atoms with E-state index in [0.717, 1.165) is 12.8 Å².